The Kier molecular flexibility index (Phi) is 3.93. The number of anilines is 1. The molecule has 0 atom stereocenters. The fourth-order valence-corrected chi connectivity index (χ4v) is 1.52. The molecular weight excluding hydrogens is 272 g/mol. The number of methoxy groups -OCH3 is 1. The summed E-state index contributed by atoms with van der Waals surface area (Å²) in [6, 6.07) is 5.32. The van der Waals surface area contributed by atoms with Crippen molar-refractivity contribution in [3.8, 4) is 5.75 Å². The van der Waals surface area contributed by atoms with E-state index < -0.39 is 5.54 Å². The van der Waals surface area contributed by atoms with Crippen LogP contribution in [0.5, 0.6) is 5.75 Å². The summed E-state index contributed by atoms with van der Waals surface area (Å²) >= 11 is 3.33. The topological polar surface area (TPSA) is 64.3 Å². The van der Waals surface area contributed by atoms with Crippen LogP contribution in [-0.4, -0.2) is 18.6 Å². The van der Waals surface area contributed by atoms with Crippen LogP contribution in [0.1, 0.15) is 13.8 Å². The summed E-state index contributed by atoms with van der Waals surface area (Å²) in [7, 11) is 1.57. The Bertz CT molecular complexity index is 399. The lowest BCUT2D eigenvalue weighted by Crippen LogP contribution is -2.45. The Morgan fingerprint density at radius 2 is 2.06 bits per heavy atom. The molecule has 0 bridgehead atoms. The van der Waals surface area contributed by atoms with Gasteiger partial charge >= 0.3 is 0 Å². The van der Waals surface area contributed by atoms with E-state index in [4.69, 9.17) is 10.5 Å². The second kappa shape index (κ2) is 4.84. The van der Waals surface area contributed by atoms with Gasteiger partial charge in [0.1, 0.15) is 5.75 Å². The number of nitrogens with one attached hydrogen (secondary N) is 1. The van der Waals surface area contributed by atoms with Crippen molar-refractivity contribution in [1.29, 1.82) is 0 Å². The SMILES string of the molecule is COc1cc(Br)cc(NC(=O)C(C)(C)N)c1. The van der Waals surface area contributed by atoms with E-state index in [2.05, 4.69) is 21.2 Å². The zero-order valence-electron chi connectivity index (χ0n) is 9.50. The van der Waals surface area contributed by atoms with E-state index in [1.807, 2.05) is 6.07 Å². The number of hydrogen-bond acceptors (Lipinski definition) is 3. The molecule has 0 heterocycles. The first kappa shape index (κ1) is 13.0. The number of nitrogens with two attached hydrogens (primary N) is 1. The fourth-order valence-electron chi connectivity index (χ4n) is 1.04. The van der Waals surface area contributed by atoms with E-state index in [-0.39, 0.29) is 5.91 Å². The number of ether oxygens (including phenoxy) is 1. The van der Waals surface area contributed by atoms with E-state index in [0.29, 0.717) is 11.4 Å². The van der Waals surface area contributed by atoms with E-state index in [1.54, 1.807) is 33.1 Å². The predicted molar refractivity (Wildman–Crippen MR) is 67.6 cm³/mol. The number of rotatable bonds is 3. The highest BCUT2D eigenvalue weighted by molar-refractivity contribution is 9.10. The van der Waals surface area contributed by atoms with Crippen LogP contribution in [0.15, 0.2) is 22.7 Å². The van der Waals surface area contributed by atoms with Crippen molar-refractivity contribution in [3.63, 3.8) is 0 Å². The Morgan fingerprint density at radius 3 is 2.56 bits per heavy atom. The highest BCUT2D eigenvalue weighted by Crippen LogP contribution is 2.24. The Balaban J connectivity index is 2.89. The van der Waals surface area contributed by atoms with Gasteiger partial charge in [0, 0.05) is 16.2 Å². The number of benzene rings is 1. The molecule has 0 aliphatic carbocycles. The van der Waals surface area contributed by atoms with E-state index in [1.165, 1.54) is 0 Å². The number of hydrogen-bond donors (Lipinski definition) is 2. The van der Waals surface area contributed by atoms with E-state index in [0.717, 1.165) is 4.47 Å². The Labute approximate surface area is 103 Å². The lowest BCUT2D eigenvalue weighted by molar-refractivity contribution is -0.120. The number of carbonyl (C=O) groups excluding carboxylic acids is 1. The lowest BCUT2D eigenvalue weighted by Gasteiger charge is -2.18. The van der Waals surface area contributed by atoms with Gasteiger partial charge in [-0.15, -0.1) is 0 Å². The van der Waals surface area contributed by atoms with Crippen LogP contribution >= 0.6 is 15.9 Å². The summed E-state index contributed by atoms with van der Waals surface area (Å²) in [5, 5.41) is 2.72. The van der Waals surface area contributed by atoms with Crippen molar-refractivity contribution in [1.82, 2.24) is 0 Å². The number of carbonyl (C=O) groups is 1. The molecule has 0 aliphatic rings. The molecule has 0 saturated heterocycles. The third-order valence-corrected chi connectivity index (χ3v) is 2.41. The monoisotopic (exact) mass is 286 g/mol. The largest absolute Gasteiger partial charge is 0.497 e. The third kappa shape index (κ3) is 3.50. The molecule has 1 aromatic rings. The van der Waals surface area contributed by atoms with Crippen LogP contribution < -0.4 is 15.8 Å². The highest BCUT2D eigenvalue weighted by atomic mass is 79.9. The van der Waals surface area contributed by atoms with Gasteiger partial charge < -0.3 is 15.8 Å². The molecular formula is C11H15BrN2O2. The summed E-state index contributed by atoms with van der Waals surface area (Å²) in [5.41, 5.74) is 5.42. The molecule has 0 unspecified atom stereocenters. The minimum absolute atomic E-state index is 0.243. The minimum atomic E-state index is -0.907. The summed E-state index contributed by atoms with van der Waals surface area (Å²) < 4.78 is 5.92. The van der Waals surface area contributed by atoms with Gasteiger partial charge in [-0.1, -0.05) is 15.9 Å². The van der Waals surface area contributed by atoms with Gasteiger partial charge in [-0.3, -0.25) is 4.79 Å². The van der Waals surface area contributed by atoms with E-state index in [9.17, 15) is 4.79 Å². The van der Waals surface area contributed by atoms with Crippen molar-refractivity contribution in [3.05, 3.63) is 22.7 Å². The Hall–Kier alpha value is -1.07. The van der Waals surface area contributed by atoms with Gasteiger partial charge in [0.2, 0.25) is 5.91 Å². The van der Waals surface area contributed by atoms with Crippen LogP contribution in [0, 0.1) is 0 Å². The summed E-state index contributed by atoms with van der Waals surface area (Å²) in [4.78, 5) is 11.7. The molecule has 4 nitrogen and oxygen atoms in total. The third-order valence-electron chi connectivity index (χ3n) is 1.95. The molecule has 0 aliphatic heterocycles. The van der Waals surface area contributed by atoms with Gasteiger partial charge in [0.25, 0.3) is 0 Å². The first-order valence-electron chi connectivity index (χ1n) is 4.78. The molecule has 88 valence electrons. The van der Waals surface area contributed by atoms with Gasteiger partial charge in [0.05, 0.1) is 12.6 Å². The van der Waals surface area contributed by atoms with Crippen molar-refractivity contribution >= 4 is 27.5 Å². The quantitative estimate of drug-likeness (QED) is 0.895. The average molecular weight is 287 g/mol. The molecule has 1 aromatic carbocycles. The normalized spacial score (nSPS) is 11.1. The number of halogens is 1. The second-order valence-corrected chi connectivity index (χ2v) is 4.97. The maximum Gasteiger partial charge on any atom is 0.243 e. The van der Waals surface area contributed by atoms with Crippen LogP contribution in [-0.2, 0) is 4.79 Å². The number of amides is 1. The molecule has 0 aromatic heterocycles. The standard InChI is InChI=1S/C11H15BrN2O2/c1-11(2,13)10(15)14-8-4-7(12)5-9(6-8)16-3/h4-6H,13H2,1-3H3,(H,14,15). The van der Waals surface area contributed by atoms with Gasteiger partial charge in [0.15, 0.2) is 0 Å². The molecule has 5 heteroatoms. The zero-order valence-corrected chi connectivity index (χ0v) is 11.1. The van der Waals surface area contributed by atoms with Crippen LogP contribution in [0.2, 0.25) is 0 Å². The fraction of sp³-hybridized carbons (Fsp3) is 0.364. The average Bonchev–Trinajstić information content (AvgIpc) is 2.15. The molecule has 0 spiro atoms. The molecule has 0 radical (unpaired) electrons. The smallest absolute Gasteiger partial charge is 0.243 e. The predicted octanol–water partition coefficient (Wildman–Crippen LogP) is 2.13. The van der Waals surface area contributed by atoms with Crippen molar-refractivity contribution in [2.45, 2.75) is 19.4 Å². The molecule has 0 saturated carbocycles. The maximum atomic E-state index is 11.7. The summed E-state index contributed by atoms with van der Waals surface area (Å²) in [6.45, 7) is 3.30. The first-order valence-corrected chi connectivity index (χ1v) is 5.57. The van der Waals surface area contributed by atoms with Crippen LogP contribution in [0.4, 0.5) is 5.69 Å². The molecule has 0 fully saturated rings. The van der Waals surface area contributed by atoms with E-state index >= 15 is 0 Å². The highest BCUT2D eigenvalue weighted by Gasteiger charge is 2.21. The molecule has 1 rings (SSSR count). The first-order chi connectivity index (χ1) is 7.32. The van der Waals surface area contributed by atoms with Crippen molar-refractivity contribution in [2.75, 3.05) is 12.4 Å². The maximum absolute atomic E-state index is 11.7. The van der Waals surface area contributed by atoms with Gasteiger partial charge in [-0.25, -0.2) is 0 Å². The van der Waals surface area contributed by atoms with Crippen molar-refractivity contribution in [2.24, 2.45) is 5.73 Å². The van der Waals surface area contributed by atoms with Gasteiger partial charge in [-0.2, -0.15) is 0 Å². The van der Waals surface area contributed by atoms with Gasteiger partial charge in [-0.05, 0) is 26.0 Å². The van der Waals surface area contributed by atoms with Crippen LogP contribution in [0.3, 0.4) is 0 Å². The molecule has 1 amide bonds. The zero-order chi connectivity index (χ0) is 12.3. The van der Waals surface area contributed by atoms with Crippen molar-refractivity contribution < 1.29 is 9.53 Å². The lowest BCUT2D eigenvalue weighted by atomic mass is 10.1. The molecule has 3 N–H and O–H groups in total. The minimum Gasteiger partial charge on any atom is -0.497 e. The second-order valence-electron chi connectivity index (χ2n) is 4.06. The molecule has 16 heavy (non-hydrogen) atoms. The summed E-state index contributed by atoms with van der Waals surface area (Å²) in [6.07, 6.45) is 0. The van der Waals surface area contributed by atoms with Crippen LogP contribution in [0.25, 0.3) is 0 Å². The Morgan fingerprint density at radius 1 is 1.44 bits per heavy atom. The summed E-state index contributed by atoms with van der Waals surface area (Å²) in [5.74, 6) is 0.423.